The molecule has 2 N–H and O–H groups in total. The summed E-state index contributed by atoms with van der Waals surface area (Å²) >= 11 is 0. The normalized spacial score (nSPS) is 20.9. The highest BCUT2D eigenvalue weighted by Crippen LogP contribution is 2.37. The van der Waals surface area contributed by atoms with E-state index in [1.54, 1.807) is 0 Å². The van der Waals surface area contributed by atoms with E-state index >= 15 is 0 Å². The van der Waals surface area contributed by atoms with Crippen molar-refractivity contribution in [1.29, 1.82) is 0 Å². The SMILES string of the molecule is CC(C(=O)N1CCN(c2ccc(N)cc2)CC1)C1CC1. The molecule has 108 valence electrons. The van der Waals surface area contributed by atoms with E-state index in [1.165, 1.54) is 18.5 Å². The number of benzene rings is 1. The largest absolute Gasteiger partial charge is 0.399 e. The minimum Gasteiger partial charge on any atom is -0.399 e. The summed E-state index contributed by atoms with van der Waals surface area (Å²) in [5, 5.41) is 0. The van der Waals surface area contributed by atoms with Gasteiger partial charge in [-0.1, -0.05) is 6.92 Å². The molecule has 1 aromatic rings. The van der Waals surface area contributed by atoms with Gasteiger partial charge in [0.25, 0.3) is 0 Å². The molecule has 1 aliphatic carbocycles. The van der Waals surface area contributed by atoms with Crippen LogP contribution in [0.5, 0.6) is 0 Å². The molecule has 1 saturated heterocycles. The first kappa shape index (κ1) is 13.3. The molecule has 1 aromatic carbocycles. The van der Waals surface area contributed by atoms with Crippen LogP contribution in [0.1, 0.15) is 19.8 Å². The first-order chi connectivity index (χ1) is 9.65. The molecule has 0 bridgehead atoms. The number of rotatable bonds is 3. The highest BCUT2D eigenvalue weighted by Gasteiger charge is 2.35. The minimum atomic E-state index is 0.220. The standard InChI is InChI=1S/C16H23N3O/c1-12(13-2-3-13)16(20)19-10-8-18(9-11-19)15-6-4-14(17)5-7-15/h4-7,12-13H,2-3,8-11,17H2,1H3. The lowest BCUT2D eigenvalue weighted by atomic mass is 10.0. The van der Waals surface area contributed by atoms with Gasteiger partial charge >= 0.3 is 0 Å². The van der Waals surface area contributed by atoms with Gasteiger partial charge in [0.1, 0.15) is 0 Å². The molecule has 2 fully saturated rings. The van der Waals surface area contributed by atoms with Gasteiger partial charge in [0.05, 0.1) is 0 Å². The van der Waals surface area contributed by atoms with Crippen LogP contribution in [0.2, 0.25) is 0 Å². The third-order valence-corrected chi connectivity index (χ3v) is 4.57. The number of piperazine rings is 1. The lowest BCUT2D eigenvalue weighted by Gasteiger charge is -2.37. The maximum atomic E-state index is 12.4. The Morgan fingerprint density at radius 3 is 2.30 bits per heavy atom. The van der Waals surface area contributed by atoms with Gasteiger partial charge in [-0.3, -0.25) is 4.79 Å². The fourth-order valence-corrected chi connectivity index (χ4v) is 2.96. The zero-order valence-electron chi connectivity index (χ0n) is 12.1. The van der Waals surface area contributed by atoms with E-state index in [2.05, 4.69) is 24.0 Å². The second-order valence-corrected chi connectivity index (χ2v) is 6.03. The van der Waals surface area contributed by atoms with Crippen molar-refractivity contribution in [3.63, 3.8) is 0 Å². The Hall–Kier alpha value is -1.71. The van der Waals surface area contributed by atoms with E-state index in [0.717, 1.165) is 31.9 Å². The maximum Gasteiger partial charge on any atom is 0.225 e. The summed E-state index contributed by atoms with van der Waals surface area (Å²) in [6.07, 6.45) is 2.47. The zero-order valence-corrected chi connectivity index (χ0v) is 12.1. The van der Waals surface area contributed by atoms with Crippen molar-refractivity contribution in [2.45, 2.75) is 19.8 Å². The Bertz CT molecular complexity index is 473. The molecule has 1 amide bonds. The average Bonchev–Trinajstić information content (AvgIpc) is 3.31. The summed E-state index contributed by atoms with van der Waals surface area (Å²) in [6, 6.07) is 7.98. The number of hydrogen-bond acceptors (Lipinski definition) is 3. The number of carbonyl (C=O) groups excluding carboxylic acids is 1. The molecule has 20 heavy (non-hydrogen) atoms. The topological polar surface area (TPSA) is 49.6 Å². The maximum absolute atomic E-state index is 12.4. The highest BCUT2D eigenvalue weighted by molar-refractivity contribution is 5.79. The predicted molar refractivity (Wildman–Crippen MR) is 81.5 cm³/mol. The Balaban J connectivity index is 1.56. The van der Waals surface area contributed by atoms with Crippen LogP contribution >= 0.6 is 0 Å². The molecule has 0 spiro atoms. The Kier molecular flexibility index (Phi) is 3.55. The van der Waals surface area contributed by atoms with Gasteiger partial charge in [0.15, 0.2) is 0 Å². The van der Waals surface area contributed by atoms with Crippen molar-refractivity contribution in [3.05, 3.63) is 24.3 Å². The molecule has 4 heteroatoms. The van der Waals surface area contributed by atoms with Crippen molar-refractivity contribution in [3.8, 4) is 0 Å². The van der Waals surface area contributed by atoms with Gasteiger partial charge in [0, 0.05) is 43.5 Å². The van der Waals surface area contributed by atoms with Crippen LogP contribution in [0, 0.1) is 11.8 Å². The lowest BCUT2D eigenvalue weighted by Crippen LogP contribution is -2.50. The van der Waals surface area contributed by atoms with Crippen LogP contribution in [0.4, 0.5) is 11.4 Å². The molecule has 4 nitrogen and oxygen atoms in total. The fraction of sp³-hybridized carbons (Fsp3) is 0.562. The van der Waals surface area contributed by atoms with Gasteiger partial charge in [-0.2, -0.15) is 0 Å². The van der Waals surface area contributed by atoms with Gasteiger partial charge < -0.3 is 15.5 Å². The predicted octanol–water partition coefficient (Wildman–Crippen LogP) is 1.96. The number of hydrogen-bond donors (Lipinski definition) is 1. The molecule has 1 unspecified atom stereocenters. The average molecular weight is 273 g/mol. The first-order valence-corrected chi connectivity index (χ1v) is 7.54. The summed E-state index contributed by atoms with van der Waals surface area (Å²) in [5.74, 6) is 1.22. The van der Waals surface area contributed by atoms with Crippen molar-refractivity contribution in [2.75, 3.05) is 36.8 Å². The van der Waals surface area contributed by atoms with Crippen LogP contribution in [-0.4, -0.2) is 37.0 Å². The van der Waals surface area contributed by atoms with Gasteiger partial charge in [-0.25, -0.2) is 0 Å². The van der Waals surface area contributed by atoms with E-state index < -0.39 is 0 Å². The number of amides is 1. The quantitative estimate of drug-likeness (QED) is 0.857. The molecule has 3 rings (SSSR count). The first-order valence-electron chi connectivity index (χ1n) is 7.54. The third kappa shape index (κ3) is 2.74. The van der Waals surface area contributed by atoms with E-state index in [1.807, 2.05) is 17.0 Å². The Morgan fingerprint density at radius 1 is 1.15 bits per heavy atom. The summed E-state index contributed by atoms with van der Waals surface area (Å²) in [7, 11) is 0. The van der Waals surface area contributed by atoms with E-state index in [-0.39, 0.29) is 5.92 Å². The number of nitrogen functional groups attached to an aromatic ring is 1. The summed E-state index contributed by atoms with van der Waals surface area (Å²) in [6.45, 7) is 5.58. The van der Waals surface area contributed by atoms with Crippen molar-refractivity contribution in [1.82, 2.24) is 4.90 Å². The number of nitrogens with two attached hydrogens (primary N) is 1. The molecule has 0 aromatic heterocycles. The molecule has 1 atom stereocenters. The molecular formula is C16H23N3O. The van der Waals surface area contributed by atoms with Crippen LogP contribution in [-0.2, 0) is 4.79 Å². The van der Waals surface area contributed by atoms with Crippen molar-refractivity contribution >= 4 is 17.3 Å². The second kappa shape index (κ2) is 5.35. The molecular weight excluding hydrogens is 250 g/mol. The molecule has 1 aliphatic heterocycles. The van der Waals surface area contributed by atoms with Crippen LogP contribution < -0.4 is 10.6 Å². The monoisotopic (exact) mass is 273 g/mol. The Labute approximate surface area is 120 Å². The summed E-state index contributed by atoms with van der Waals surface area (Å²) < 4.78 is 0. The summed E-state index contributed by atoms with van der Waals surface area (Å²) in [5.41, 5.74) is 7.70. The fourth-order valence-electron chi connectivity index (χ4n) is 2.96. The number of nitrogens with zero attached hydrogens (tertiary/aromatic N) is 2. The van der Waals surface area contributed by atoms with Crippen molar-refractivity contribution in [2.24, 2.45) is 11.8 Å². The van der Waals surface area contributed by atoms with Crippen LogP contribution in [0.3, 0.4) is 0 Å². The molecule has 2 aliphatic rings. The molecule has 1 saturated carbocycles. The van der Waals surface area contributed by atoms with E-state index in [0.29, 0.717) is 11.8 Å². The van der Waals surface area contributed by atoms with Gasteiger partial charge in [0.2, 0.25) is 5.91 Å². The highest BCUT2D eigenvalue weighted by atomic mass is 16.2. The van der Waals surface area contributed by atoms with Gasteiger partial charge in [-0.05, 0) is 43.0 Å². The van der Waals surface area contributed by atoms with Gasteiger partial charge in [-0.15, -0.1) is 0 Å². The van der Waals surface area contributed by atoms with Crippen LogP contribution in [0.25, 0.3) is 0 Å². The second-order valence-electron chi connectivity index (χ2n) is 6.03. The van der Waals surface area contributed by atoms with Crippen LogP contribution in [0.15, 0.2) is 24.3 Å². The smallest absolute Gasteiger partial charge is 0.225 e. The number of anilines is 2. The van der Waals surface area contributed by atoms with E-state index in [9.17, 15) is 4.79 Å². The molecule has 0 radical (unpaired) electrons. The third-order valence-electron chi connectivity index (χ3n) is 4.57. The van der Waals surface area contributed by atoms with E-state index in [4.69, 9.17) is 5.73 Å². The zero-order chi connectivity index (χ0) is 14.1. The molecule has 1 heterocycles. The minimum absolute atomic E-state index is 0.220. The number of carbonyl (C=O) groups is 1. The summed E-state index contributed by atoms with van der Waals surface area (Å²) in [4.78, 5) is 16.7. The van der Waals surface area contributed by atoms with Crippen molar-refractivity contribution < 1.29 is 4.79 Å². The lowest BCUT2D eigenvalue weighted by molar-refractivity contribution is -0.135. The Morgan fingerprint density at radius 2 is 1.75 bits per heavy atom.